The molecule has 1 amide bonds. The first-order valence-corrected chi connectivity index (χ1v) is 14.0. The Kier molecular flexibility index (Phi) is 8.71. The van der Waals surface area contributed by atoms with E-state index >= 15 is 0 Å². The Morgan fingerprint density at radius 2 is 1.82 bits per heavy atom. The second kappa shape index (κ2) is 11.8. The van der Waals surface area contributed by atoms with Gasteiger partial charge in [0.15, 0.2) is 0 Å². The summed E-state index contributed by atoms with van der Waals surface area (Å²) in [6.45, 7) is 4.80. The van der Waals surface area contributed by atoms with E-state index in [1.807, 2.05) is 32.0 Å². The van der Waals surface area contributed by atoms with Crippen molar-refractivity contribution < 1.29 is 37.0 Å². The second-order valence-electron chi connectivity index (χ2n) is 9.59. The third-order valence-corrected chi connectivity index (χ3v) is 8.72. The number of benzene rings is 2. The van der Waals surface area contributed by atoms with E-state index in [1.165, 1.54) is 7.11 Å². The van der Waals surface area contributed by atoms with Gasteiger partial charge in [0.1, 0.15) is 24.0 Å². The molecule has 206 valence electrons. The number of amides is 1. The van der Waals surface area contributed by atoms with Crippen LogP contribution in [0.5, 0.6) is 5.75 Å². The van der Waals surface area contributed by atoms with E-state index in [2.05, 4.69) is 0 Å². The molecule has 0 N–H and O–H groups in total. The van der Waals surface area contributed by atoms with Gasteiger partial charge in [0, 0.05) is 19.2 Å². The van der Waals surface area contributed by atoms with Crippen LogP contribution in [0.4, 0.5) is 0 Å². The third-order valence-electron chi connectivity index (χ3n) is 6.87. The minimum atomic E-state index is -3.84. The van der Waals surface area contributed by atoms with Crippen molar-refractivity contribution in [3.63, 3.8) is 0 Å². The number of hydrogen-bond acceptors (Lipinski definition) is 8. The molecule has 3 atom stereocenters. The fourth-order valence-electron chi connectivity index (χ4n) is 4.81. The topological polar surface area (TPSA) is 112 Å². The minimum absolute atomic E-state index is 0.0492. The molecule has 2 heterocycles. The minimum Gasteiger partial charge on any atom is -0.486 e. The van der Waals surface area contributed by atoms with Gasteiger partial charge in [-0.25, -0.2) is 8.42 Å². The van der Waals surface area contributed by atoms with Gasteiger partial charge >= 0.3 is 5.97 Å². The molecule has 0 spiro atoms. The fraction of sp³-hybridized carbons (Fsp3) is 0.481. The highest BCUT2D eigenvalue weighted by Crippen LogP contribution is 2.25. The summed E-state index contributed by atoms with van der Waals surface area (Å²) in [5.41, 5.74) is 3.08. The number of carbonyl (C=O) groups is 2. The van der Waals surface area contributed by atoms with Gasteiger partial charge in [-0.1, -0.05) is 29.8 Å². The summed E-state index contributed by atoms with van der Waals surface area (Å²) in [6.07, 6.45) is -0.769. The van der Waals surface area contributed by atoms with Gasteiger partial charge in [0.2, 0.25) is 10.0 Å². The van der Waals surface area contributed by atoms with E-state index in [0.717, 1.165) is 15.4 Å². The summed E-state index contributed by atoms with van der Waals surface area (Å²) in [5.74, 6) is -0.577. The van der Waals surface area contributed by atoms with Crippen molar-refractivity contribution in [2.75, 3.05) is 47.1 Å². The highest BCUT2D eigenvalue weighted by molar-refractivity contribution is 7.88. The first-order valence-electron chi connectivity index (χ1n) is 12.4. The number of morpholine rings is 1. The van der Waals surface area contributed by atoms with Gasteiger partial charge in [0.05, 0.1) is 39.2 Å². The molecule has 2 aliphatic heterocycles. The van der Waals surface area contributed by atoms with Crippen molar-refractivity contribution in [1.29, 1.82) is 0 Å². The quantitative estimate of drug-likeness (QED) is 0.462. The smallest absolute Gasteiger partial charge is 0.326 e. The molecule has 2 aromatic rings. The van der Waals surface area contributed by atoms with E-state index in [4.69, 9.17) is 18.9 Å². The Morgan fingerprint density at radius 1 is 1.05 bits per heavy atom. The normalized spacial score (nSPS) is 22.3. The van der Waals surface area contributed by atoms with Gasteiger partial charge in [-0.05, 0) is 43.2 Å². The Labute approximate surface area is 223 Å². The van der Waals surface area contributed by atoms with Crippen molar-refractivity contribution in [3.05, 3.63) is 64.7 Å². The van der Waals surface area contributed by atoms with E-state index in [0.29, 0.717) is 30.0 Å². The molecular weight excluding hydrogens is 512 g/mol. The standard InChI is InChI=1S/C27H34N2O8S/c1-18-8-9-19(2)22(12-18)26(30)28-14-24(34-3)25(15-28)37-21-7-5-6-20(13-21)17-38(32,33)29-10-11-36-16-23(29)27(31)35-4/h5-9,12-13,23-25H,10-11,14-17H2,1-4H3. The molecule has 0 bridgehead atoms. The maximum atomic E-state index is 13.2. The summed E-state index contributed by atoms with van der Waals surface area (Å²) < 4.78 is 49.4. The predicted molar refractivity (Wildman–Crippen MR) is 139 cm³/mol. The van der Waals surface area contributed by atoms with Gasteiger partial charge in [-0.15, -0.1) is 0 Å². The van der Waals surface area contributed by atoms with Crippen molar-refractivity contribution in [3.8, 4) is 5.75 Å². The molecule has 10 nitrogen and oxygen atoms in total. The molecular formula is C27H34N2O8S. The number of aryl methyl sites for hydroxylation is 2. The lowest BCUT2D eigenvalue weighted by atomic mass is 10.0. The average Bonchev–Trinajstić information content (AvgIpc) is 3.31. The molecule has 2 fully saturated rings. The van der Waals surface area contributed by atoms with Crippen LogP contribution in [-0.4, -0.2) is 94.8 Å². The molecule has 0 radical (unpaired) electrons. The highest BCUT2D eigenvalue weighted by Gasteiger charge is 2.39. The number of esters is 1. The lowest BCUT2D eigenvalue weighted by Crippen LogP contribution is -2.53. The van der Waals surface area contributed by atoms with E-state index < -0.39 is 28.1 Å². The first-order chi connectivity index (χ1) is 18.1. The van der Waals surface area contributed by atoms with Crippen LogP contribution in [0.2, 0.25) is 0 Å². The predicted octanol–water partition coefficient (Wildman–Crippen LogP) is 1.93. The number of rotatable bonds is 8. The zero-order valence-corrected chi connectivity index (χ0v) is 22.9. The largest absolute Gasteiger partial charge is 0.486 e. The van der Waals surface area contributed by atoms with Crippen LogP contribution in [0.15, 0.2) is 42.5 Å². The average molecular weight is 547 g/mol. The van der Waals surface area contributed by atoms with Gasteiger partial charge < -0.3 is 23.8 Å². The number of likely N-dealkylation sites (tertiary alicyclic amines) is 1. The van der Waals surface area contributed by atoms with E-state index in [-0.39, 0.29) is 37.5 Å². The van der Waals surface area contributed by atoms with Crippen LogP contribution in [0, 0.1) is 13.8 Å². The number of ether oxygens (including phenoxy) is 4. The lowest BCUT2D eigenvalue weighted by molar-refractivity contribution is -0.149. The van der Waals surface area contributed by atoms with Gasteiger partial charge in [0.25, 0.3) is 5.91 Å². The second-order valence-corrected chi connectivity index (χ2v) is 11.5. The van der Waals surface area contributed by atoms with E-state index in [1.54, 1.807) is 36.3 Å². The van der Waals surface area contributed by atoms with Crippen molar-refractivity contribution >= 4 is 21.9 Å². The number of hydrogen-bond donors (Lipinski definition) is 0. The monoisotopic (exact) mass is 546 g/mol. The van der Waals surface area contributed by atoms with Crippen LogP contribution in [0.3, 0.4) is 0 Å². The summed E-state index contributed by atoms with van der Waals surface area (Å²) in [7, 11) is -1.04. The summed E-state index contributed by atoms with van der Waals surface area (Å²) in [5, 5.41) is 0. The molecule has 0 aromatic heterocycles. The molecule has 11 heteroatoms. The summed E-state index contributed by atoms with van der Waals surface area (Å²) in [6, 6.07) is 11.6. The lowest BCUT2D eigenvalue weighted by Gasteiger charge is -2.32. The molecule has 2 aromatic carbocycles. The molecule has 2 aliphatic rings. The Balaban J connectivity index is 1.46. The molecule has 2 saturated heterocycles. The summed E-state index contributed by atoms with van der Waals surface area (Å²) >= 11 is 0. The number of sulfonamides is 1. The molecule has 38 heavy (non-hydrogen) atoms. The zero-order chi connectivity index (χ0) is 27.4. The molecule has 3 unspecified atom stereocenters. The Morgan fingerprint density at radius 3 is 2.55 bits per heavy atom. The molecule has 4 rings (SSSR count). The molecule has 0 aliphatic carbocycles. The Bertz CT molecular complexity index is 1280. The van der Waals surface area contributed by atoms with Crippen molar-refractivity contribution in [1.82, 2.24) is 9.21 Å². The van der Waals surface area contributed by atoms with Gasteiger partial charge in [-0.3, -0.25) is 9.59 Å². The zero-order valence-electron chi connectivity index (χ0n) is 22.1. The van der Waals surface area contributed by atoms with E-state index in [9.17, 15) is 18.0 Å². The van der Waals surface area contributed by atoms with Crippen LogP contribution >= 0.6 is 0 Å². The molecule has 0 saturated carbocycles. The van der Waals surface area contributed by atoms with Crippen LogP contribution in [-0.2, 0) is 34.8 Å². The SMILES string of the molecule is COC(=O)C1COCCN1S(=O)(=O)Cc1cccc(OC2CN(C(=O)c3cc(C)ccc3C)CC2OC)c1. The highest BCUT2D eigenvalue weighted by atomic mass is 32.2. The fourth-order valence-corrected chi connectivity index (χ4v) is 6.46. The third kappa shape index (κ3) is 6.17. The summed E-state index contributed by atoms with van der Waals surface area (Å²) in [4.78, 5) is 27.1. The Hall–Kier alpha value is -2.99. The first kappa shape index (κ1) is 28.0. The van der Waals surface area contributed by atoms with Crippen LogP contribution in [0.25, 0.3) is 0 Å². The van der Waals surface area contributed by atoms with Crippen molar-refractivity contribution in [2.45, 2.75) is 37.9 Å². The van der Waals surface area contributed by atoms with Crippen LogP contribution < -0.4 is 4.74 Å². The number of carbonyl (C=O) groups excluding carboxylic acids is 2. The number of methoxy groups -OCH3 is 2. The maximum absolute atomic E-state index is 13.2. The van der Waals surface area contributed by atoms with Crippen molar-refractivity contribution in [2.24, 2.45) is 0 Å². The maximum Gasteiger partial charge on any atom is 0.326 e. The van der Waals surface area contributed by atoms with Crippen LogP contribution in [0.1, 0.15) is 27.0 Å². The number of nitrogens with zero attached hydrogens (tertiary/aromatic N) is 2. The van der Waals surface area contributed by atoms with Gasteiger partial charge in [-0.2, -0.15) is 4.31 Å².